The van der Waals surface area contributed by atoms with Crippen LogP contribution in [0.4, 0.5) is 5.69 Å². The van der Waals surface area contributed by atoms with Crippen molar-refractivity contribution in [2.24, 2.45) is 9.98 Å². The van der Waals surface area contributed by atoms with Gasteiger partial charge in [0.2, 0.25) is 0 Å². The second-order valence-electron chi connectivity index (χ2n) is 2.67. The first-order valence-corrected chi connectivity index (χ1v) is 4.66. The fourth-order valence-electron chi connectivity index (χ4n) is 0.902. The quantitative estimate of drug-likeness (QED) is 0.556. The van der Waals surface area contributed by atoms with Gasteiger partial charge in [0.25, 0.3) is 0 Å². The summed E-state index contributed by atoms with van der Waals surface area (Å²) in [5.41, 5.74) is 0.755. The number of hydrogen-bond acceptors (Lipinski definition) is 4. The van der Waals surface area contributed by atoms with Gasteiger partial charge in [0.1, 0.15) is 6.54 Å². The molecule has 0 saturated heterocycles. The molecule has 0 saturated carbocycles. The lowest BCUT2D eigenvalue weighted by Crippen LogP contribution is -2.06. The van der Waals surface area contributed by atoms with E-state index in [0.29, 0.717) is 6.61 Å². The molecular weight excluding hydrogens is 192 g/mol. The van der Waals surface area contributed by atoms with E-state index in [0.717, 1.165) is 5.69 Å². The molecule has 0 aliphatic carbocycles. The average molecular weight is 204 g/mol. The third-order valence-corrected chi connectivity index (χ3v) is 1.52. The molecule has 0 fully saturated rings. The standard InChI is InChI=1S/C11H12N2O2/c1-2-15-11(14)8-12-9-13-10-6-4-3-5-7-10/h3-7H,2,8H2,1H3. The summed E-state index contributed by atoms with van der Waals surface area (Å²) >= 11 is 0. The summed E-state index contributed by atoms with van der Waals surface area (Å²) in [6.07, 6.45) is 0. The van der Waals surface area contributed by atoms with Crippen molar-refractivity contribution in [2.45, 2.75) is 6.92 Å². The molecule has 0 amide bonds. The van der Waals surface area contributed by atoms with Crippen LogP contribution in [0.3, 0.4) is 0 Å². The van der Waals surface area contributed by atoms with Gasteiger partial charge in [0.15, 0.2) is 0 Å². The zero-order valence-electron chi connectivity index (χ0n) is 8.51. The van der Waals surface area contributed by atoms with Crippen LogP contribution >= 0.6 is 0 Å². The number of rotatable bonds is 4. The Balaban J connectivity index is 2.44. The van der Waals surface area contributed by atoms with Gasteiger partial charge in [-0.05, 0) is 19.1 Å². The Labute approximate surface area is 88.3 Å². The lowest BCUT2D eigenvalue weighted by Gasteiger charge is -1.94. The van der Waals surface area contributed by atoms with E-state index in [4.69, 9.17) is 0 Å². The molecule has 78 valence electrons. The fourth-order valence-corrected chi connectivity index (χ4v) is 0.902. The first-order chi connectivity index (χ1) is 7.33. The normalized spacial score (nSPS) is 8.87. The Morgan fingerprint density at radius 2 is 2.13 bits per heavy atom. The first-order valence-electron chi connectivity index (χ1n) is 4.66. The van der Waals surface area contributed by atoms with Gasteiger partial charge in [-0.2, -0.15) is 4.99 Å². The van der Waals surface area contributed by atoms with E-state index in [2.05, 4.69) is 20.7 Å². The molecule has 0 aromatic heterocycles. The summed E-state index contributed by atoms with van der Waals surface area (Å²) in [5.74, 6) is -0.367. The lowest BCUT2D eigenvalue weighted by atomic mass is 10.3. The maximum absolute atomic E-state index is 10.9. The smallest absolute Gasteiger partial charge is 0.328 e. The number of esters is 1. The van der Waals surface area contributed by atoms with E-state index in [1.807, 2.05) is 30.3 Å². The second-order valence-corrected chi connectivity index (χ2v) is 2.67. The van der Waals surface area contributed by atoms with E-state index < -0.39 is 0 Å². The molecule has 4 nitrogen and oxygen atoms in total. The lowest BCUT2D eigenvalue weighted by molar-refractivity contribution is -0.141. The maximum Gasteiger partial charge on any atom is 0.328 e. The van der Waals surface area contributed by atoms with Crippen molar-refractivity contribution in [3.8, 4) is 0 Å². The summed E-state index contributed by atoms with van der Waals surface area (Å²) < 4.78 is 4.68. The minimum Gasteiger partial charge on any atom is -0.465 e. The van der Waals surface area contributed by atoms with E-state index in [1.54, 1.807) is 6.92 Å². The van der Waals surface area contributed by atoms with Crippen LogP contribution in [-0.2, 0) is 9.53 Å². The molecule has 0 atom stereocenters. The van der Waals surface area contributed by atoms with Gasteiger partial charge >= 0.3 is 5.97 Å². The number of carbonyl (C=O) groups is 1. The van der Waals surface area contributed by atoms with E-state index >= 15 is 0 Å². The van der Waals surface area contributed by atoms with Crippen molar-refractivity contribution in [2.75, 3.05) is 13.2 Å². The van der Waals surface area contributed by atoms with Crippen molar-refractivity contribution in [3.63, 3.8) is 0 Å². The third kappa shape index (κ3) is 4.74. The molecule has 0 aliphatic rings. The highest BCUT2D eigenvalue weighted by molar-refractivity contribution is 5.73. The Morgan fingerprint density at radius 3 is 2.80 bits per heavy atom. The van der Waals surface area contributed by atoms with Crippen LogP contribution in [0.25, 0.3) is 0 Å². The summed E-state index contributed by atoms with van der Waals surface area (Å²) in [7, 11) is 0. The Hall–Kier alpha value is -1.93. The number of hydrogen-bond donors (Lipinski definition) is 0. The third-order valence-electron chi connectivity index (χ3n) is 1.52. The van der Waals surface area contributed by atoms with Crippen molar-refractivity contribution < 1.29 is 9.53 Å². The molecule has 1 aromatic rings. The SMILES string of the molecule is CCOC(=O)CN=C=Nc1ccccc1. The molecule has 0 bridgehead atoms. The van der Waals surface area contributed by atoms with Crippen LogP contribution in [0.1, 0.15) is 6.92 Å². The molecular formula is C11H12N2O2. The molecule has 15 heavy (non-hydrogen) atoms. The predicted octanol–water partition coefficient (Wildman–Crippen LogP) is 2.06. The van der Waals surface area contributed by atoms with Gasteiger partial charge in [0.05, 0.1) is 18.3 Å². The number of benzene rings is 1. The van der Waals surface area contributed by atoms with Crippen LogP contribution in [0.15, 0.2) is 40.3 Å². The van der Waals surface area contributed by atoms with Crippen molar-refractivity contribution in [1.82, 2.24) is 0 Å². The van der Waals surface area contributed by atoms with Gasteiger partial charge in [-0.1, -0.05) is 18.2 Å². The van der Waals surface area contributed by atoms with Crippen molar-refractivity contribution >= 4 is 17.7 Å². The monoisotopic (exact) mass is 204 g/mol. The highest BCUT2D eigenvalue weighted by Gasteiger charge is 1.96. The Morgan fingerprint density at radius 1 is 1.40 bits per heavy atom. The number of aliphatic imine (C=N–C) groups is 2. The van der Waals surface area contributed by atoms with Crippen LogP contribution in [-0.4, -0.2) is 25.1 Å². The fraction of sp³-hybridized carbons (Fsp3) is 0.273. The molecule has 1 aromatic carbocycles. The average Bonchev–Trinajstić information content (AvgIpc) is 2.26. The van der Waals surface area contributed by atoms with Crippen LogP contribution < -0.4 is 0 Å². The zero-order valence-corrected chi connectivity index (χ0v) is 8.51. The Kier molecular flexibility index (Phi) is 4.84. The second kappa shape index (κ2) is 6.51. The van der Waals surface area contributed by atoms with Crippen LogP contribution in [0, 0.1) is 0 Å². The predicted molar refractivity (Wildman–Crippen MR) is 57.5 cm³/mol. The summed E-state index contributed by atoms with van der Waals surface area (Å²) in [6.45, 7) is 2.08. The summed E-state index contributed by atoms with van der Waals surface area (Å²) in [5, 5.41) is 0. The molecule has 0 heterocycles. The number of ether oxygens (including phenoxy) is 1. The van der Waals surface area contributed by atoms with E-state index in [9.17, 15) is 4.79 Å². The van der Waals surface area contributed by atoms with Crippen LogP contribution in [0.5, 0.6) is 0 Å². The molecule has 0 N–H and O–H groups in total. The number of para-hydroxylation sites is 1. The molecule has 0 spiro atoms. The Bertz CT molecular complexity index is 367. The maximum atomic E-state index is 10.9. The molecule has 1 rings (SSSR count). The first kappa shape index (κ1) is 11.1. The molecule has 4 heteroatoms. The number of nitrogens with zero attached hydrogens (tertiary/aromatic N) is 2. The number of carbonyl (C=O) groups excluding carboxylic acids is 1. The van der Waals surface area contributed by atoms with Gasteiger partial charge in [-0.3, -0.25) is 4.79 Å². The zero-order chi connectivity index (χ0) is 10.9. The molecule has 0 aliphatic heterocycles. The van der Waals surface area contributed by atoms with Crippen molar-refractivity contribution in [3.05, 3.63) is 30.3 Å². The largest absolute Gasteiger partial charge is 0.465 e. The topological polar surface area (TPSA) is 51.0 Å². The van der Waals surface area contributed by atoms with Crippen LogP contribution in [0.2, 0.25) is 0 Å². The highest BCUT2D eigenvalue weighted by atomic mass is 16.5. The van der Waals surface area contributed by atoms with Gasteiger partial charge in [-0.25, -0.2) is 4.99 Å². The van der Waals surface area contributed by atoms with Gasteiger partial charge in [0, 0.05) is 0 Å². The highest BCUT2D eigenvalue weighted by Crippen LogP contribution is 2.07. The van der Waals surface area contributed by atoms with Crippen molar-refractivity contribution in [1.29, 1.82) is 0 Å². The van der Waals surface area contributed by atoms with E-state index in [1.165, 1.54) is 0 Å². The minimum absolute atomic E-state index is 0.0375. The summed E-state index contributed by atoms with van der Waals surface area (Å²) in [6, 6.07) is 11.7. The van der Waals surface area contributed by atoms with Gasteiger partial charge < -0.3 is 4.74 Å². The minimum atomic E-state index is -0.367. The van der Waals surface area contributed by atoms with E-state index in [-0.39, 0.29) is 12.5 Å². The molecule has 0 radical (unpaired) electrons. The molecule has 0 unspecified atom stereocenters. The summed E-state index contributed by atoms with van der Waals surface area (Å²) in [4.78, 5) is 18.5. The van der Waals surface area contributed by atoms with Gasteiger partial charge in [-0.15, -0.1) is 0 Å².